The monoisotopic (exact) mass is 581 g/mol. The largest absolute Gasteiger partial charge is 0.394 e. The van der Waals surface area contributed by atoms with Gasteiger partial charge in [0, 0.05) is 30.9 Å². The molecule has 0 aliphatic carbocycles. The molecule has 3 aliphatic heterocycles. The molecular formula is C33H47N3O4S. The van der Waals surface area contributed by atoms with Crippen LogP contribution in [-0.2, 0) is 20.9 Å². The minimum atomic E-state index is -0.728. The molecule has 3 aliphatic rings. The van der Waals surface area contributed by atoms with E-state index in [1.54, 1.807) is 33.7 Å². The number of carbonyl (C=O) groups is 3. The van der Waals surface area contributed by atoms with Gasteiger partial charge in [0.1, 0.15) is 6.04 Å². The zero-order valence-electron chi connectivity index (χ0n) is 25.1. The lowest BCUT2D eigenvalue weighted by Gasteiger charge is -2.42. The van der Waals surface area contributed by atoms with E-state index in [2.05, 4.69) is 27.0 Å². The summed E-state index contributed by atoms with van der Waals surface area (Å²) in [6, 6.07) is 8.61. The fourth-order valence-corrected chi connectivity index (χ4v) is 9.58. The number of fused-ring (bicyclic) bond motifs is 1. The average molecular weight is 582 g/mol. The summed E-state index contributed by atoms with van der Waals surface area (Å²) in [5.74, 6) is -1.47. The van der Waals surface area contributed by atoms with Crippen molar-refractivity contribution in [1.29, 1.82) is 0 Å². The molecule has 1 aromatic carbocycles. The topological polar surface area (TPSA) is 81.2 Å². The molecule has 1 aromatic rings. The fourth-order valence-electron chi connectivity index (χ4n) is 7.39. The Labute approximate surface area is 250 Å². The van der Waals surface area contributed by atoms with Gasteiger partial charge < -0.3 is 19.8 Å². The van der Waals surface area contributed by atoms with Gasteiger partial charge in [-0.2, -0.15) is 0 Å². The molecule has 41 heavy (non-hydrogen) atoms. The van der Waals surface area contributed by atoms with E-state index in [0.717, 1.165) is 24.8 Å². The van der Waals surface area contributed by atoms with Gasteiger partial charge in [-0.25, -0.2) is 0 Å². The van der Waals surface area contributed by atoms with E-state index in [1.165, 1.54) is 0 Å². The molecule has 1 N–H and O–H groups in total. The summed E-state index contributed by atoms with van der Waals surface area (Å²) in [6.45, 7) is 16.9. The first-order chi connectivity index (χ1) is 19.7. The molecule has 3 heterocycles. The molecule has 3 fully saturated rings. The highest BCUT2D eigenvalue weighted by Crippen LogP contribution is 2.67. The van der Waals surface area contributed by atoms with Crippen LogP contribution in [0.5, 0.6) is 0 Å². The molecule has 7 nitrogen and oxygen atoms in total. The minimum absolute atomic E-state index is 0.0143. The molecule has 8 heteroatoms. The van der Waals surface area contributed by atoms with Crippen molar-refractivity contribution in [3.05, 3.63) is 61.2 Å². The third-order valence-electron chi connectivity index (χ3n) is 9.30. The van der Waals surface area contributed by atoms with Gasteiger partial charge in [0.05, 0.1) is 29.2 Å². The van der Waals surface area contributed by atoms with Crippen LogP contribution in [0.15, 0.2) is 55.6 Å². The van der Waals surface area contributed by atoms with E-state index in [9.17, 15) is 19.5 Å². The number of benzene rings is 1. The number of aliphatic hydroxyl groups excluding tert-OH is 1. The number of likely N-dealkylation sites (tertiary alicyclic amines) is 1. The van der Waals surface area contributed by atoms with Crippen molar-refractivity contribution >= 4 is 29.5 Å². The summed E-state index contributed by atoms with van der Waals surface area (Å²) < 4.78 is -0.695. The lowest BCUT2D eigenvalue weighted by atomic mass is 9.70. The number of amides is 3. The number of aliphatic hydroxyl groups is 1. The summed E-state index contributed by atoms with van der Waals surface area (Å²) in [5, 5.41) is 10.5. The van der Waals surface area contributed by atoms with E-state index in [-0.39, 0.29) is 41.5 Å². The summed E-state index contributed by atoms with van der Waals surface area (Å²) in [4.78, 5) is 48.8. The molecule has 3 amide bonds. The number of hydrogen-bond acceptors (Lipinski definition) is 5. The van der Waals surface area contributed by atoms with Crippen molar-refractivity contribution in [3.8, 4) is 0 Å². The van der Waals surface area contributed by atoms with E-state index < -0.39 is 28.7 Å². The zero-order valence-corrected chi connectivity index (χ0v) is 25.9. The Morgan fingerprint density at radius 2 is 1.83 bits per heavy atom. The number of thioether (sulfide) groups is 1. The maximum atomic E-state index is 14.6. The third kappa shape index (κ3) is 5.62. The van der Waals surface area contributed by atoms with Crippen LogP contribution in [0.4, 0.5) is 0 Å². The van der Waals surface area contributed by atoms with Gasteiger partial charge in [-0.15, -0.1) is 24.9 Å². The second-order valence-electron chi connectivity index (χ2n) is 12.2. The van der Waals surface area contributed by atoms with Crippen LogP contribution < -0.4 is 0 Å². The van der Waals surface area contributed by atoms with Gasteiger partial charge in [-0.05, 0) is 37.7 Å². The Hall–Kier alpha value is -2.58. The predicted octanol–water partition coefficient (Wildman–Crippen LogP) is 4.51. The van der Waals surface area contributed by atoms with Gasteiger partial charge in [0.15, 0.2) is 0 Å². The maximum absolute atomic E-state index is 14.6. The van der Waals surface area contributed by atoms with Gasteiger partial charge in [0.2, 0.25) is 17.7 Å². The average Bonchev–Trinajstić information content (AvgIpc) is 3.59. The number of nitrogens with zero attached hydrogens (tertiary/aromatic N) is 3. The molecule has 0 aromatic heterocycles. The Morgan fingerprint density at radius 3 is 2.41 bits per heavy atom. The normalized spacial score (nSPS) is 28.0. The first-order valence-corrected chi connectivity index (χ1v) is 16.0. The van der Waals surface area contributed by atoms with Gasteiger partial charge in [-0.3, -0.25) is 14.4 Å². The first kappa shape index (κ1) is 31.4. The number of hydrogen-bond donors (Lipinski definition) is 1. The van der Waals surface area contributed by atoms with Crippen molar-refractivity contribution in [2.45, 2.75) is 88.0 Å². The second-order valence-corrected chi connectivity index (χ2v) is 13.8. The molecule has 4 rings (SSSR count). The Bertz CT molecular complexity index is 1130. The van der Waals surface area contributed by atoms with Crippen LogP contribution in [0.25, 0.3) is 0 Å². The van der Waals surface area contributed by atoms with E-state index in [0.29, 0.717) is 26.1 Å². The molecule has 224 valence electrons. The minimum Gasteiger partial charge on any atom is -0.394 e. The van der Waals surface area contributed by atoms with Crippen molar-refractivity contribution in [2.24, 2.45) is 17.8 Å². The third-order valence-corrected chi connectivity index (χ3v) is 11.2. The molecule has 0 saturated carbocycles. The number of rotatable bonds is 14. The summed E-state index contributed by atoms with van der Waals surface area (Å²) in [6.07, 6.45) is 6.74. The highest BCUT2D eigenvalue weighted by molar-refractivity contribution is 8.02. The van der Waals surface area contributed by atoms with Crippen molar-refractivity contribution < 1.29 is 19.5 Å². The highest BCUT2D eigenvalue weighted by Gasteiger charge is 2.74. The van der Waals surface area contributed by atoms with E-state index in [1.807, 2.05) is 49.1 Å². The van der Waals surface area contributed by atoms with E-state index in [4.69, 9.17) is 0 Å². The first-order valence-electron chi connectivity index (χ1n) is 15.1. The Balaban J connectivity index is 1.76. The SMILES string of the molecule is C=CCN(Cc1ccccc1)C(=O)[C@@H]1[C@@H]2CCC3(S2)C(C(=O)N(CC=C)C(C)CCC)N([C@@H](CO)C(C)C)C(=O)[C@H]13. The Morgan fingerprint density at radius 1 is 1.15 bits per heavy atom. The molecular weight excluding hydrogens is 534 g/mol. The molecule has 0 radical (unpaired) electrons. The molecule has 3 saturated heterocycles. The van der Waals surface area contributed by atoms with Crippen LogP contribution in [0, 0.1) is 17.8 Å². The second kappa shape index (κ2) is 13.2. The van der Waals surface area contributed by atoms with Crippen LogP contribution >= 0.6 is 11.8 Å². The van der Waals surface area contributed by atoms with Gasteiger partial charge in [-0.1, -0.05) is 69.7 Å². The molecule has 1 spiro atoms. The molecule has 7 atom stereocenters. The summed E-state index contributed by atoms with van der Waals surface area (Å²) in [5.41, 5.74) is 1.02. The zero-order chi connectivity index (χ0) is 29.9. The number of carbonyl (C=O) groups excluding carboxylic acids is 3. The van der Waals surface area contributed by atoms with Crippen LogP contribution in [-0.4, -0.2) is 85.3 Å². The quantitative estimate of drug-likeness (QED) is 0.327. The van der Waals surface area contributed by atoms with Crippen molar-refractivity contribution in [1.82, 2.24) is 14.7 Å². The lowest BCUT2D eigenvalue weighted by molar-refractivity contribution is -0.148. The van der Waals surface area contributed by atoms with Gasteiger partial charge >= 0.3 is 0 Å². The van der Waals surface area contributed by atoms with Crippen LogP contribution in [0.1, 0.15) is 58.9 Å². The lowest BCUT2D eigenvalue weighted by Crippen LogP contribution is -2.59. The molecule has 2 bridgehead atoms. The van der Waals surface area contributed by atoms with E-state index >= 15 is 0 Å². The van der Waals surface area contributed by atoms with Crippen molar-refractivity contribution in [2.75, 3.05) is 19.7 Å². The van der Waals surface area contributed by atoms with Crippen molar-refractivity contribution in [3.63, 3.8) is 0 Å². The Kier molecular flexibility index (Phi) is 10.1. The van der Waals surface area contributed by atoms with Crippen LogP contribution in [0.2, 0.25) is 0 Å². The maximum Gasteiger partial charge on any atom is 0.247 e. The smallest absolute Gasteiger partial charge is 0.247 e. The predicted molar refractivity (Wildman–Crippen MR) is 165 cm³/mol. The van der Waals surface area contributed by atoms with Gasteiger partial charge in [0.25, 0.3) is 0 Å². The standard InChI is InChI=1S/C33H47N3O4S/c1-7-13-23(6)35(19-9-3)32(40)29-33-17-16-26(41-33)27(28(33)31(39)36(29)25(21-37)22(4)5)30(38)34(18-8-2)20-24-14-11-10-12-15-24/h8-12,14-15,22-23,25-29,37H,2-3,7,13,16-21H2,1,4-6H3/t23?,25-,26-,27+,28-,29?,33?/m0/s1. The summed E-state index contributed by atoms with van der Waals surface area (Å²) >= 11 is 1.68. The fraction of sp³-hybridized carbons (Fsp3) is 0.606. The summed E-state index contributed by atoms with van der Waals surface area (Å²) in [7, 11) is 0. The van der Waals surface area contributed by atoms with Crippen LogP contribution in [0.3, 0.4) is 0 Å². The highest BCUT2D eigenvalue weighted by atomic mass is 32.2. The molecule has 3 unspecified atom stereocenters.